The van der Waals surface area contributed by atoms with Crippen LogP contribution in [0.25, 0.3) is 23.0 Å². The van der Waals surface area contributed by atoms with Gasteiger partial charge in [-0.2, -0.15) is 5.10 Å². The van der Waals surface area contributed by atoms with Crippen molar-refractivity contribution < 1.29 is 24.5 Å². The van der Waals surface area contributed by atoms with Crippen LogP contribution in [0.4, 0.5) is 4.39 Å². The van der Waals surface area contributed by atoms with E-state index in [9.17, 15) is 19.4 Å². The van der Waals surface area contributed by atoms with Gasteiger partial charge in [0.15, 0.2) is 5.65 Å². The van der Waals surface area contributed by atoms with Crippen LogP contribution >= 0.6 is 0 Å². The normalized spacial score (nSPS) is 16.0. The van der Waals surface area contributed by atoms with E-state index < -0.39 is 24.6 Å². The molecule has 0 spiro atoms. The average Bonchev–Trinajstić information content (AvgIpc) is 3.52. The van der Waals surface area contributed by atoms with Crippen LogP contribution < -0.4 is 0 Å². The maximum atomic E-state index is 13.6. The maximum absolute atomic E-state index is 13.6. The van der Waals surface area contributed by atoms with Gasteiger partial charge in [-0.25, -0.2) is 13.9 Å². The van der Waals surface area contributed by atoms with Crippen molar-refractivity contribution in [1.29, 1.82) is 0 Å². The van der Waals surface area contributed by atoms with Crippen LogP contribution in [0, 0.1) is 19.7 Å². The summed E-state index contributed by atoms with van der Waals surface area (Å²) in [5.74, 6) is -1.17. The second-order valence-corrected chi connectivity index (χ2v) is 8.40. The van der Waals surface area contributed by atoms with E-state index >= 15 is 0 Å². The number of rotatable bonds is 8. The monoisotopic (exact) mass is 439 g/mol. The van der Waals surface area contributed by atoms with Gasteiger partial charge in [-0.05, 0) is 51.0 Å². The summed E-state index contributed by atoms with van der Waals surface area (Å²) in [6.07, 6.45) is 2.61. The van der Waals surface area contributed by atoms with Gasteiger partial charge in [0.2, 0.25) is 0 Å². The number of fused-ring (bicyclic) bond motifs is 1. The van der Waals surface area contributed by atoms with Crippen LogP contribution in [0.3, 0.4) is 0 Å². The Kier molecular flexibility index (Phi) is 6.08. The van der Waals surface area contributed by atoms with E-state index in [-0.39, 0.29) is 12.2 Å². The molecule has 2 aromatic heterocycles. The molecule has 1 aromatic carbocycles. The van der Waals surface area contributed by atoms with Gasteiger partial charge in [-0.15, -0.1) is 0 Å². The van der Waals surface area contributed by atoms with Gasteiger partial charge in [-0.1, -0.05) is 12.2 Å². The Bertz CT molecular complexity index is 1180. The number of carbonyl (C=O) groups is 1. The van der Waals surface area contributed by atoms with Crippen LogP contribution in [0.5, 0.6) is 0 Å². The molecule has 2 heterocycles. The zero-order valence-electron chi connectivity index (χ0n) is 18.0. The molecule has 1 fully saturated rings. The molecule has 0 amide bonds. The Balaban J connectivity index is 1.83. The smallest absolute Gasteiger partial charge is 0.305 e. The topological polar surface area (TPSA) is 108 Å². The number of nitrogens with zero attached hydrogens (tertiary/aromatic N) is 3. The van der Waals surface area contributed by atoms with Crippen molar-refractivity contribution in [2.45, 2.75) is 57.7 Å². The molecule has 4 rings (SSSR count). The van der Waals surface area contributed by atoms with Crippen molar-refractivity contribution in [3.63, 3.8) is 0 Å². The van der Waals surface area contributed by atoms with Crippen LogP contribution in [0.2, 0.25) is 0 Å². The summed E-state index contributed by atoms with van der Waals surface area (Å²) < 4.78 is 15.4. The summed E-state index contributed by atoms with van der Waals surface area (Å²) in [6, 6.07) is 6.17. The molecule has 0 unspecified atom stereocenters. The first kappa shape index (κ1) is 22.1. The van der Waals surface area contributed by atoms with Crippen molar-refractivity contribution in [3.8, 4) is 11.3 Å². The first-order valence-corrected chi connectivity index (χ1v) is 10.7. The second kappa shape index (κ2) is 8.80. The molecule has 2 atom stereocenters. The molecule has 0 saturated heterocycles. The standard InChI is InChI=1S/C24H26FN3O4/c1-13-14(2)27-28-23(16-5-7-17(25)8-6-16)20(22(15-3-4-15)26-24(13)28)10-9-18(29)11-19(30)12-21(31)32/h5-10,15,18-19,29-30H,3-4,11-12H2,1-2H3,(H,31,32)/b10-9+/t18-,19-/m1/s1. The third-order valence-electron chi connectivity index (χ3n) is 5.79. The van der Waals surface area contributed by atoms with Gasteiger partial charge in [0.1, 0.15) is 5.82 Å². The predicted octanol–water partition coefficient (Wildman–Crippen LogP) is 3.63. The fraction of sp³-hybridized carbons (Fsp3) is 0.375. The molecule has 0 aliphatic heterocycles. The number of aryl methyl sites for hydroxylation is 2. The third-order valence-corrected chi connectivity index (χ3v) is 5.79. The van der Waals surface area contributed by atoms with E-state index in [4.69, 9.17) is 10.1 Å². The molecular weight excluding hydrogens is 413 g/mol. The summed E-state index contributed by atoms with van der Waals surface area (Å²) in [6.45, 7) is 3.89. The van der Waals surface area contributed by atoms with Crippen molar-refractivity contribution in [2.75, 3.05) is 0 Å². The zero-order chi connectivity index (χ0) is 23.0. The summed E-state index contributed by atoms with van der Waals surface area (Å²) >= 11 is 0. The minimum atomic E-state index is -1.15. The highest BCUT2D eigenvalue weighted by Gasteiger charge is 2.31. The number of hydrogen-bond acceptors (Lipinski definition) is 5. The lowest BCUT2D eigenvalue weighted by atomic mass is 10.00. The Morgan fingerprint density at radius 3 is 2.56 bits per heavy atom. The number of carboxylic acids is 1. The Hall–Kier alpha value is -3.10. The second-order valence-electron chi connectivity index (χ2n) is 8.40. The highest BCUT2D eigenvalue weighted by molar-refractivity contribution is 5.77. The largest absolute Gasteiger partial charge is 0.481 e. The van der Waals surface area contributed by atoms with E-state index in [0.29, 0.717) is 5.92 Å². The van der Waals surface area contributed by atoms with Crippen LogP contribution in [-0.4, -0.2) is 48.1 Å². The number of carboxylic acid groups (broad SMARTS) is 1. The summed E-state index contributed by atoms with van der Waals surface area (Å²) in [5, 5.41) is 33.7. The van der Waals surface area contributed by atoms with Gasteiger partial charge in [0.25, 0.3) is 0 Å². The van der Waals surface area contributed by atoms with Crippen LogP contribution in [-0.2, 0) is 4.79 Å². The molecule has 8 heteroatoms. The molecule has 0 bridgehead atoms. The average molecular weight is 439 g/mol. The Morgan fingerprint density at radius 1 is 1.25 bits per heavy atom. The first-order valence-electron chi connectivity index (χ1n) is 10.7. The quantitative estimate of drug-likeness (QED) is 0.495. The van der Waals surface area contributed by atoms with Crippen molar-refractivity contribution in [1.82, 2.24) is 14.6 Å². The fourth-order valence-electron chi connectivity index (χ4n) is 3.86. The molecule has 0 radical (unpaired) electrons. The molecule has 3 aromatic rings. The highest BCUT2D eigenvalue weighted by Crippen LogP contribution is 2.44. The van der Waals surface area contributed by atoms with Gasteiger partial charge < -0.3 is 15.3 Å². The molecule has 1 aliphatic carbocycles. The van der Waals surface area contributed by atoms with E-state index in [2.05, 4.69) is 5.10 Å². The van der Waals surface area contributed by atoms with E-state index in [0.717, 1.165) is 52.3 Å². The number of hydrogen-bond donors (Lipinski definition) is 3. The van der Waals surface area contributed by atoms with Gasteiger partial charge >= 0.3 is 5.97 Å². The molecular formula is C24H26FN3O4. The van der Waals surface area contributed by atoms with Gasteiger partial charge in [0, 0.05) is 29.0 Å². The van der Waals surface area contributed by atoms with Crippen molar-refractivity contribution >= 4 is 17.7 Å². The predicted molar refractivity (Wildman–Crippen MR) is 118 cm³/mol. The van der Waals surface area contributed by atoms with E-state index in [1.54, 1.807) is 22.7 Å². The van der Waals surface area contributed by atoms with E-state index in [1.165, 1.54) is 18.2 Å². The Morgan fingerprint density at radius 2 is 1.94 bits per heavy atom. The minimum Gasteiger partial charge on any atom is -0.481 e. The van der Waals surface area contributed by atoms with Crippen LogP contribution in [0.15, 0.2) is 30.3 Å². The molecule has 7 nitrogen and oxygen atoms in total. The van der Waals surface area contributed by atoms with Gasteiger partial charge in [0.05, 0.1) is 35.7 Å². The lowest BCUT2D eigenvalue weighted by Crippen LogP contribution is -2.19. The molecule has 32 heavy (non-hydrogen) atoms. The molecule has 1 aliphatic rings. The van der Waals surface area contributed by atoms with Crippen molar-refractivity contribution in [3.05, 3.63) is 58.7 Å². The lowest BCUT2D eigenvalue weighted by molar-refractivity contribution is -0.139. The van der Waals surface area contributed by atoms with E-state index in [1.807, 2.05) is 13.8 Å². The zero-order valence-corrected chi connectivity index (χ0v) is 18.0. The Labute approximate surface area is 184 Å². The highest BCUT2D eigenvalue weighted by atomic mass is 19.1. The maximum Gasteiger partial charge on any atom is 0.305 e. The summed E-state index contributed by atoms with van der Waals surface area (Å²) in [4.78, 5) is 15.7. The molecule has 3 N–H and O–H groups in total. The minimum absolute atomic E-state index is 0.0941. The lowest BCUT2D eigenvalue weighted by Gasteiger charge is -2.15. The number of aromatic nitrogens is 3. The summed E-state index contributed by atoms with van der Waals surface area (Å²) in [7, 11) is 0. The van der Waals surface area contributed by atoms with Crippen molar-refractivity contribution in [2.24, 2.45) is 0 Å². The third kappa shape index (κ3) is 4.56. The molecule has 168 valence electrons. The van der Waals surface area contributed by atoms with Gasteiger partial charge in [-0.3, -0.25) is 4.79 Å². The SMILES string of the molecule is Cc1nn2c(-c3ccc(F)cc3)c(/C=C/[C@@H](O)C[C@@H](O)CC(=O)O)c(C3CC3)nc2c1C. The number of benzene rings is 1. The summed E-state index contributed by atoms with van der Waals surface area (Å²) in [5.41, 5.74) is 5.77. The number of aliphatic hydroxyl groups excluding tert-OH is 2. The first-order chi connectivity index (χ1) is 15.2. The fourth-order valence-corrected chi connectivity index (χ4v) is 3.86. The number of aliphatic carboxylic acids is 1. The number of halogens is 1. The molecule has 1 saturated carbocycles. The number of aliphatic hydroxyl groups is 2. The van der Waals surface area contributed by atoms with Crippen LogP contribution in [0.1, 0.15) is 54.1 Å².